The lowest BCUT2D eigenvalue weighted by atomic mass is 10.1. The van der Waals surface area contributed by atoms with E-state index in [1.165, 1.54) is 36.4 Å². The zero-order chi connectivity index (χ0) is 20.3. The standard InChI is InChI=1S/C18H12ClFN4O4/c1-2-7-24-16(26)12(14(25)22-18(24)27)8-10-3-5-11(6-4-10)28-15-13(20)9-21-17(19)23-15/h2-6,8-9H,1,7H2,(H,22,25,27)/b12-8-. The molecule has 0 aliphatic carbocycles. The molecule has 3 rings (SSSR count). The molecule has 10 heteroatoms. The molecule has 1 aliphatic rings. The predicted molar refractivity (Wildman–Crippen MR) is 96.9 cm³/mol. The molecular formula is C18H12ClFN4O4. The number of rotatable bonds is 5. The summed E-state index contributed by atoms with van der Waals surface area (Å²) in [6.07, 6.45) is 3.58. The van der Waals surface area contributed by atoms with E-state index in [4.69, 9.17) is 16.3 Å². The molecule has 0 radical (unpaired) electrons. The Kier molecular flexibility index (Phi) is 5.46. The molecule has 0 unspecified atom stereocenters. The molecule has 1 aromatic heterocycles. The van der Waals surface area contributed by atoms with E-state index in [-0.39, 0.29) is 29.0 Å². The number of halogens is 2. The van der Waals surface area contributed by atoms with Crippen molar-refractivity contribution in [3.8, 4) is 11.6 Å². The highest BCUT2D eigenvalue weighted by atomic mass is 35.5. The van der Waals surface area contributed by atoms with Crippen LogP contribution >= 0.6 is 11.6 Å². The summed E-state index contributed by atoms with van der Waals surface area (Å²) >= 11 is 5.61. The van der Waals surface area contributed by atoms with Gasteiger partial charge < -0.3 is 4.74 Å². The Morgan fingerprint density at radius 3 is 2.64 bits per heavy atom. The van der Waals surface area contributed by atoms with Gasteiger partial charge >= 0.3 is 6.03 Å². The molecule has 1 N–H and O–H groups in total. The number of carbonyl (C=O) groups is 3. The fourth-order valence-electron chi connectivity index (χ4n) is 2.30. The van der Waals surface area contributed by atoms with Gasteiger partial charge in [-0.15, -0.1) is 6.58 Å². The zero-order valence-corrected chi connectivity index (χ0v) is 14.9. The lowest BCUT2D eigenvalue weighted by molar-refractivity contribution is -0.129. The predicted octanol–water partition coefficient (Wildman–Crippen LogP) is 2.71. The Morgan fingerprint density at radius 2 is 1.96 bits per heavy atom. The van der Waals surface area contributed by atoms with Crippen LogP contribution in [0.4, 0.5) is 9.18 Å². The van der Waals surface area contributed by atoms with Crippen molar-refractivity contribution in [2.45, 2.75) is 0 Å². The number of carbonyl (C=O) groups excluding carboxylic acids is 3. The summed E-state index contributed by atoms with van der Waals surface area (Å²) in [5, 5.41) is 1.92. The number of aromatic nitrogens is 2. The summed E-state index contributed by atoms with van der Waals surface area (Å²) in [6.45, 7) is 3.44. The molecule has 0 bridgehead atoms. The molecular weight excluding hydrogens is 391 g/mol. The van der Waals surface area contributed by atoms with Gasteiger partial charge in [-0.3, -0.25) is 19.8 Å². The monoisotopic (exact) mass is 402 g/mol. The molecule has 0 spiro atoms. The first-order valence-electron chi connectivity index (χ1n) is 7.84. The van der Waals surface area contributed by atoms with Crippen LogP contribution in [-0.4, -0.2) is 39.3 Å². The number of imide groups is 2. The minimum atomic E-state index is -0.804. The van der Waals surface area contributed by atoms with Crippen molar-refractivity contribution in [1.29, 1.82) is 0 Å². The summed E-state index contributed by atoms with van der Waals surface area (Å²) < 4.78 is 18.9. The first-order chi connectivity index (χ1) is 13.4. The number of ether oxygens (including phenoxy) is 1. The van der Waals surface area contributed by atoms with Gasteiger partial charge in [0.15, 0.2) is 0 Å². The van der Waals surface area contributed by atoms with Crippen molar-refractivity contribution in [2.24, 2.45) is 0 Å². The highest BCUT2D eigenvalue weighted by Gasteiger charge is 2.34. The third kappa shape index (κ3) is 4.04. The van der Waals surface area contributed by atoms with E-state index >= 15 is 0 Å². The molecule has 8 nitrogen and oxygen atoms in total. The Morgan fingerprint density at radius 1 is 1.25 bits per heavy atom. The fraction of sp³-hybridized carbons (Fsp3) is 0.0556. The fourth-order valence-corrected chi connectivity index (χ4v) is 2.43. The lowest BCUT2D eigenvalue weighted by Crippen LogP contribution is -2.54. The summed E-state index contributed by atoms with van der Waals surface area (Å²) in [6, 6.07) is 5.25. The SMILES string of the molecule is C=CCN1C(=O)NC(=O)/C(=C/c2ccc(Oc3nc(Cl)ncc3F)cc2)C1=O. The highest BCUT2D eigenvalue weighted by Crippen LogP contribution is 2.24. The maximum atomic E-state index is 13.6. The number of urea groups is 1. The normalized spacial score (nSPS) is 15.6. The van der Waals surface area contributed by atoms with Crippen LogP contribution in [0.5, 0.6) is 11.6 Å². The van der Waals surface area contributed by atoms with Gasteiger partial charge in [-0.05, 0) is 35.4 Å². The second-order valence-corrected chi connectivity index (χ2v) is 5.82. The van der Waals surface area contributed by atoms with Crippen LogP contribution < -0.4 is 10.1 Å². The van der Waals surface area contributed by atoms with E-state index in [1.54, 1.807) is 0 Å². The zero-order valence-electron chi connectivity index (χ0n) is 14.2. The van der Waals surface area contributed by atoms with Crippen molar-refractivity contribution >= 4 is 35.5 Å². The topological polar surface area (TPSA) is 101 Å². The largest absolute Gasteiger partial charge is 0.436 e. The average molecular weight is 403 g/mol. The third-order valence-corrected chi connectivity index (χ3v) is 3.77. The number of amides is 4. The van der Waals surface area contributed by atoms with E-state index in [1.807, 2.05) is 0 Å². The van der Waals surface area contributed by atoms with Gasteiger partial charge in [0, 0.05) is 6.54 Å². The first kappa shape index (κ1) is 19.2. The molecule has 2 heterocycles. The van der Waals surface area contributed by atoms with Gasteiger partial charge in [-0.1, -0.05) is 18.2 Å². The maximum absolute atomic E-state index is 13.6. The van der Waals surface area contributed by atoms with Crippen LogP contribution in [0, 0.1) is 5.82 Å². The summed E-state index contributed by atoms with van der Waals surface area (Å²) in [7, 11) is 0. The second-order valence-electron chi connectivity index (χ2n) is 5.48. The van der Waals surface area contributed by atoms with Crippen LogP contribution in [-0.2, 0) is 9.59 Å². The Hall–Kier alpha value is -3.59. The van der Waals surface area contributed by atoms with Gasteiger partial charge in [-0.2, -0.15) is 9.37 Å². The number of hydrogen-bond acceptors (Lipinski definition) is 6. The Balaban J connectivity index is 1.82. The van der Waals surface area contributed by atoms with E-state index < -0.39 is 23.7 Å². The second kappa shape index (κ2) is 7.97. The van der Waals surface area contributed by atoms with E-state index in [9.17, 15) is 18.8 Å². The van der Waals surface area contributed by atoms with Crippen LogP contribution in [0.2, 0.25) is 5.28 Å². The minimum absolute atomic E-state index is 0.0326. The maximum Gasteiger partial charge on any atom is 0.331 e. The number of nitrogens with zero attached hydrogens (tertiary/aromatic N) is 3. The summed E-state index contributed by atoms with van der Waals surface area (Å²) in [4.78, 5) is 44.0. The quantitative estimate of drug-likeness (QED) is 0.357. The first-order valence-corrected chi connectivity index (χ1v) is 8.22. The van der Waals surface area contributed by atoms with Gasteiger partial charge in [0.1, 0.15) is 11.3 Å². The van der Waals surface area contributed by atoms with Gasteiger partial charge in [0.25, 0.3) is 17.7 Å². The van der Waals surface area contributed by atoms with Crippen LogP contribution in [0.3, 0.4) is 0 Å². The van der Waals surface area contributed by atoms with Crippen molar-refractivity contribution in [3.05, 3.63) is 65.4 Å². The molecule has 1 aromatic carbocycles. The average Bonchev–Trinajstić information content (AvgIpc) is 2.66. The summed E-state index contributed by atoms with van der Waals surface area (Å²) in [5.74, 6) is -2.41. The minimum Gasteiger partial charge on any atom is -0.436 e. The molecule has 142 valence electrons. The van der Waals surface area contributed by atoms with Crippen molar-refractivity contribution in [3.63, 3.8) is 0 Å². The number of nitrogens with one attached hydrogen (secondary N) is 1. The highest BCUT2D eigenvalue weighted by molar-refractivity contribution is 6.31. The van der Waals surface area contributed by atoms with Crippen LogP contribution in [0.25, 0.3) is 6.08 Å². The Labute approximate surface area is 163 Å². The van der Waals surface area contributed by atoms with E-state index in [0.717, 1.165) is 11.1 Å². The van der Waals surface area contributed by atoms with E-state index in [2.05, 4.69) is 21.9 Å². The number of hydrogen-bond donors (Lipinski definition) is 1. The van der Waals surface area contributed by atoms with Gasteiger partial charge in [0.2, 0.25) is 11.1 Å². The molecule has 1 fully saturated rings. The molecule has 0 saturated carbocycles. The van der Waals surface area contributed by atoms with Crippen LogP contribution in [0.15, 0.2) is 48.7 Å². The van der Waals surface area contributed by atoms with E-state index in [0.29, 0.717) is 5.56 Å². The molecule has 28 heavy (non-hydrogen) atoms. The van der Waals surface area contributed by atoms with Gasteiger partial charge in [-0.25, -0.2) is 9.78 Å². The van der Waals surface area contributed by atoms with Gasteiger partial charge in [0.05, 0.1) is 6.20 Å². The Bertz CT molecular complexity index is 1010. The smallest absolute Gasteiger partial charge is 0.331 e. The number of barbiturate groups is 1. The summed E-state index contributed by atoms with van der Waals surface area (Å²) in [5.41, 5.74) is 0.281. The van der Waals surface area contributed by atoms with Crippen molar-refractivity contribution in [1.82, 2.24) is 20.2 Å². The molecule has 1 saturated heterocycles. The molecule has 1 aliphatic heterocycles. The van der Waals surface area contributed by atoms with Crippen molar-refractivity contribution < 1.29 is 23.5 Å². The van der Waals surface area contributed by atoms with Crippen LogP contribution in [0.1, 0.15) is 5.56 Å². The molecule has 0 atom stereocenters. The molecule has 2 aromatic rings. The lowest BCUT2D eigenvalue weighted by Gasteiger charge is -2.25. The third-order valence-electron chi connectivity index (χ3n) is 3.59. The molecule has 4 amide bonds. The number of benzene rings is 1. The van der Waals surface area contributed by atoms with Crippen molar-refractivity contribution in [2.75, 3.05) is 6.54 Å².